The second-order valence-electron chi connectivity index (χ2n) is 6.61. The number of likely N-dealkylation sites (tertiary alicyclic amines) is 1. The Morgan fingerprint density at radius 3 is 3.00 bits per heavy atom. The number of aromatic nitrogens is 3. The molecule has 1 atom stereocenters. The van der Waals surface area contributed by atoms with Gasteiger partial charge in [-0.05, 0) is 25.7 Å². The third-order valence-electron chi connectivity index (χ3n) is 4.65. The molecule has 2 saturated heterocycles. The lowest BCUT2D eigenvalue weighted by molar-refractivity contribution is 0.158. The summed E-state index contributed by atoms with van der Waals surface area (Å²) in [4.78, 5) is 16.4. The van der Waals surface area contributed by atoms with Crippen LogP contribution in [-0.2, 0) is 13.1 Å². The molecule has 1 N–H and O–H groups in total. The first kappa shape index (κ1) is 17.5. The van der Waals surface area contributed by atoms with Crippen LogP contribution in [0.5, 0.6) is 0 Å². The van der Waals surface area contributed by atoms with Gasteiger partial charge in [-0.1, -0.05) is 5.21 Å². The summed E-state index contributed by atoms with van der Waals surface area (Å²) in [5.74, 6) is 2.89. The summed E-state index contributed by atoms with van der Waals surface area (Å²) in [6.07, 6.45) is 4.29. The summed E-state index contributed by atoms with van der Waals surface area (Å²) >= 11 is 2.02. The third kappa shape index (κ3) is 4.86. The summed E-state index contributed by atoms with van der Waals surface area (Å²) in [6.45, 7) is 8.33. The van der Waals surface area contributed by atoms with Crippen molar-refractivity contribution in [2.45, 2.75) is 32.9 Å². The van der Waals surface area contributed by atoms with E-state index in [0.717, 1.165) is 57.8 Å². The lowest BCUT2D eigenvalue weighted by atomic mass is 9.98. The fourth-order valence-corrected chi connectivity index (χ4v) is 4.39. The number of hydrogen-bond acceptors (Lipinski definition) is 5. The molecule has 3 heterocycles. The van der Waals surface area contributed by atoms with Crippen LogP contribution in [0.3, 0.4) is 0 Å². The second kappa shape index (κ2) is 8.71. The molecule has 24 heavy (non-hydrogen) atoms. The number of carbonyl (C=O) groups excluding carboxylic acids is 1. The van der Waals surface area contributed by atoms with Crippen molar-refractivity contribution in [2.24, 2.45) is 5.92 Å². The Morgan fingerprint density at radius 2 is 2.21 bits per heavy atom. The van der Waals surface area contributed by atoms with Gasteiger partial charge >= 0.3 is 6.03 Å². The van der Waals surface area contributed by atoms with E-state index in [1.54, 1.807) is 0 Å². The van der Waals surface area contributed by atoms with E-state index in [-0.39, 0.29) is 6.03 Å². The predicted molar refractivity (Wildman–Crippen MR) is 96.0 cm³/mol. The van der Waals surface area contributed by atoms with Crippen LogP contribution in [0.25, 0.3) is 0 Å². The zero-order chi connectivity index (χ0) is 16.8. The second-order valence-corrected chi connectivity index (χ2v) is 7.83. The first-order valence-electron chi connectivity index (χ1n) is 8.96. The molecule has 0 unspecified atom stereocenters. The maximum absolute atomic E-state index is 12.0. The molecule has 0 saturated carbocycles. The van der Waals surface area contributed by atoms with E-state index >= 15 is 0 Å². The van der Waals surface area contributed by atoms with Gasteiger partial charge in [-0.3, -0.25) is 9.58 Å². The van der Waals surface area contributed by atoms with E-state index in [1.807, 2.05) is 28.3 Å². The minimum absolute atomic E-state index is 0.0597. The van der Waals surface area contributed by atoms with Crippen LogP contribution in [0.1, 0.15) is 25.5 Å². The lowest BCUT2D eigenvalue weighted by Gasteiger charge is -2.32. The topological polar surface area (TPSA) is 66.3 Å². The maximum Gasteiger partial charge on any atom is 0.317 e. The minimum Gasteiger partial charge on any atom is -0.338 e. The SMILES string of the molecule is CCNC(=O)N1CCC[C@@H](Cn2cc(CN3CCSCC3)nn2)C1. The Kier molecular flexibility index (Phi) is 6.37. The summed E-state index contributed by atoms with van der Waals surface area (Å²) < 4.78 is 1.96. The van der Waals surface area contributed by atoms with Crippen LogP contribution in [0.2, 0.25) is 0 Å². The largest absolute Gasteiger partial charge is 0.338 e. The van der Waals surface area contributed by atoms with Crippen LogP contribution >= 0.6 is 11.8 Å². The highest BCUT2D eigenvalue weighted by Gasteiger charge is 2.24. The standard InChI is InChI=1S/C16H28N6OS/c1-2-17-16(23)21-5-3-4-14(10-21)11-22-13-15(18-19-22)12-20-6-8-24-9-7-20/h13-14H,2-12H2,1H3,(H,17,23)/t14-/m1/s1. The molecule has 2 aliphatic heterocycles. The van der Waals surface area contributed by atoms with Gasteiger partial charge in [-0.2, -0.15) is 11.8 Å². The van der Waals surface area contributed by atoms with Gasteiger partial charge in [0.05, 0.1) is 5.69 Å². The van der Waals surface area contributed by atoms with Crippen LogP contribution < -0.4 is 5.32 Å². The monoisotopic (exact) mass is 352 g/mol. The van der Waals surface area contributed by atoms with Crippen molar-refractivity contribution < 1.29 is 4.79 Å². The van der Waals surface area contributed by atoms with E-state index in [0.29, 0.717) is 12.5 Å². The highest BCUT2D eigenvalue weighted by Crippen LogP contribution is 2.18. The Morgan fingerprint density at radius 1 is 1.38 bits per heavy atom. The van der Waals surface area contributed by atoms with Crippen LogP contribution in [0.15, 0.2) is 6.20 Å². The number of thioether (sulfide) groups is 1. The predicted octanol–water partition coefficient (Wildman–Crippen LogP) is 1.27. The van der Waals surface area contributed by atoms with Crippen molar-refractivity contribution in [3.8, 4) is 0 Å². The molecule has 0 aliphatic carbocycles. The van der Waals surface area contributed by atoms with Gasteiger partial charge in [-0.15, -0.1) is 5.10 Å². The Balaban J connectivity index is 1.49. The van der Waals surface area contributed by atoms with Crippen molar-refractivity contribution in [2.75, 3.05) is 44.2 Å². The van der Waals surface area contributed by atoms with Crippen LogP contribution in [0.4, 0.5) is 4.79 Å². The molecule has 0 radical (unpaired) electrons. The first-order valence-corrected chi connectivity index (χ1v) is 10.1. The molecule has 2 fully saturated rings. The fourth-order valence-electron chi connectivity index (χ4n) is 3.41. The van der Waals surface area contributed by atoms with E-state index in [9.17, 15) is 4.79 Å². The summed E-state index contributed by atoms with van der Waals surface area (Å²) in [5.41, 5.74) is 1.05. The smallest absolute Gasteiger partial charge is 0.317 e. The molecule has 8 heteroatoms. The molecule has 7 nitrogen and oxygen atoms in total. The highest BCUT2D eigenvalue weighted by molar-refractivity contribution is 7.99. The third-order valence-corrected chi connectivity index (χ3v) is 5.60. The molecule has 2 amide bonds. The normalized spacial score (nSPS) is 22.5. The van der Waals surface area contributed by atoms with Crippen molar-refractivity contribution in [3.05, 3.63) is 11.9 Å². The minimum atomic E-state index is 0.0597. The number of piperidine rings is 1. The number of hydrogen-bond donors (Lipinski definition) is 1. The van der Waals surface area contributed by atoms with Crippen molar-refractivity contribution in [1.29, 1.82) is 0 Å². The summed E-state index contributed by atoms with van der Waals surface area (Å²) in [7, 11) is 0. The van der Waals surface area contributed by atoms with Gasteiger partial charge in [0.25, 0.3) is 0 Å². The molecule has 0 bridgehead atoms. The molecule has 3 rings (SSSR count). The number of urea groups is 1. The molecule has 1 aromatic heterocycles. The number of amides is 2. The van der Waals surface area contributed by atoms with E-state index in [4.69, 9.17) is 0 Å². The highest BCUT2D eigenvalue weighted by atomic mass is 32.2. The quantitative estimate of drug-likeness (QED) is 0.864. The zero-order valence-electron chi connectivity index (χ0n) is 14.5. The molecule has 134 valence electrons. The Labute approximate surface area is 148 Å². The molecular formula is C16H28N6OS. The van der Waals surface area contributed by atoms with E-state index < -0.39 is 0 Å². The van der Waals surface area contributed by atoms with Gasteiger partial charge < -0.3 is 10.2 Å². The van der Waals surface area contributed by atoms with E-state index in [1.165, 1.54) is 11.5 Å². The van der Waals surface area contributed by atoms with Gasteiger partial charge in [0.15, 0.2) is 0 Å². The molecule has 0 spiro atoms. The molecule has 2 aliphatic rings. The van der Waals surface area contributed by atoms with Crippen molar-refractivity contribution in [1.82, 2.24) is 30.1 Å². The molecule has 1 aromatic rings. The molecule has 0 aromatic carbocycles. The Bertz CT molecular complexity index is 530. The molecular weight excluding hydrogens is 324 g/mol. The number of rotatable bonds is 5. The average molecular weight is 353 g/mol. The van der Waals surface area contributed by atoms with Gasteiger partial charge in [0, 0.05) is 63.5 Å². The first-order chi connectivity index (χ1) is 11.7. The number of nitrogens with one attached hydrogen (secondary N) is 1. The lowest BCUT2D eigenvalue weighted by Crippen LogP contribution is -2.46. The number of carbonyl (C=O) groups is 1. The van der Waals surface area contributed by atoms with Gasteiger partial charge in [-0.25, -0.2) is 4.79 Å². The van der Waals surface area contributed by atoms with Crippen LogP contribution in [-0.4, -0.2) is 75.1 Å². The van der Waals surface area contributed by atoms with Crippen LogP contribution in [0, 0.1) is 5.92 Å². The fraction of sp³-hybridized carbons (Fsp3) is 0.812. The van der Waals surface area contributed by atoms with Crippen molar-refractivity contribution >= 4 is 17.8 Å². The average Bonchev–Trinajstić information content (AvgIpc) is 3.03. The van der Waals surface area contributed by atoms with Gasteiger partial charge in [0.2, 0.25) is 0 Å². The van der Waals surface area contributed by atoms with E-state index in [2.05, 4.69) is 26.7 Å². The summed E-state index contributed by atoms with van der Waals surface area (Å²) in [5, 5.41) is 11.5. The summed E-state index contributed by atoms with van der Waals surface area (Å²) in [6, 6.07) is 0.0597. The van der Waals surface area contributed by atoms with Crippen molar-refractivity contribution in [3.63, 3.8) is 0 Å². The number of nitrogens with zero attached hydrogens (tertiary/aromatic N) is 5. The Hall–Kier alpha value is -1.28. The van der Waals surface area contributed by atoms with Gasteiger partial charge in [0.1, 0.15) is 0 Å². The zero-order valence-corrected chi connectivity index (χ0v) is 15.3. The maximum atomic E-state index is 12.0.